The molecular weight excluding hydrogens is 605 g/mol. The van der Waals surface area contributed by atoms with Crippen LogP contribution < -0.4 is 10.4 Å². The second-order valence-corrected chi connectivity index (χ2v) is 18.4. The predicted octanol–water partition coefficient (Wildman–Crippen LogP) is 12.1. The Morgan fingerprint density at radius 3 is 1.69 bits per heavy atom. The van der Waals surface area contributed by atoms with Gasteiger partial charge in [-0.05, 0) is 110 Å². The third-order valence-corrected chi connectivity index (χ3v) is 14.6. The van der Waals surface area contributed by atoms with Crippen LogP contribution in [0.3, 0.4) is 0 Å². The highest BCUT2D eigenvalue weighted by Gasteiger charge is 2.38. The fraction of sp³-hybridized carbons (Fsp3) is 0.0417. The third kappa shape index (κ3) is 4.16. The van der Waals surface area contributed by atoms with E-state index in [1.807, 2.05) is 0 Å². The largest absolute Gasteiger partial charge is 0.113 e. The van der Waals surface area contributed by atoms with Crippen molar-refractivity contribution >= 4 is 61.5 Å². The smallest absolute Gasteiger partial charge is 0.0623 e. The van der Waals surface area contributed by atoms with Crippen LogP contribution in [0.1, 0.15) is 0 Å². The van der Waals surface area contributed by atoms with Crippen molar-refractivity contribution in [3.05, 3.63) is 170 Å². The Morgan fingerprint density at radius 1 is 0.306 bits per heavy atom. The average molecular weight is 639 g/mol. The summed E-state index contributed by atoms with van der Waals surface area (Å²) >= 11 is 0. The fourth-order valence-corrected chi connectivity index (χ4v) is 11.8. The number of fused-ring (bicyclic) bond motifs is 7. The van der Waals surface area contributed by atoms with Gasteiger partial charge in [0.25, 0.3) is 0 Å². The lowest BCUT2D eigenvalue weighted by atomic mass is 9.83. The van der Waals surface area contributed by atoms with Crippen molar-refractivity contribution in [3.63, 3.8) is 0 Å². The van der Waals surface area contributed by atoms with E-state index in [0.29, 0.717) is 0 Å². The van der Waals surface area contributed by atoms with Crippen LogP contribution in [0.15, 0.2) is 170 Å². The van der Waals surface area contributed by atoms with Gasteiger partial charge in [0.1, 0.15) is 8.07 Å². The van der Waals surface area contributed by atoms with Crippen LogP contribution in [-0.4, -0.2) is 8.07 Å². The molecule has 0 atom stereocenters. The molecule has 0 nitrogen and oxygen atoms in total. The van der Waals surface area contributed by atoms with Gasteiger partial charge >= 0.3 is 0 Å². The van der Waals surface area contributed by atoms with Gasteiger partial charge in [-0.1, -0.05) is 171 Å². The Bertz CT molecular complexity index is 2790. The molecule has 0 amide bonds. The van der Waals surface area contributed by atoms with Gasteiger partial charge in [0.05, 0.1) is 0 Å². The highest BCUT2D eigenvalue weighted by atomic mass is 28.3. The Kier molecular flexibility index (Phi) is 6.13. The van der Waals surface area contributed by atoms with Crippen molar-refractivity contribution in [1.82, 2.24) is 0 Å². The molecule has 0 saturated heterocycles. The van der Waals surface area contributed by atoms with Crippen LogP contribution in [0.4, 0.5) is 0 Å². The van der Waals surface area contributed by atoms with Gasteiger partial charge in [-0.2, -0.15) is 0 Å². The van der Waals surface area contributed by atoms with Gasteiger partial charge in [-0.15, -0.1) is 0 Å². The van der Waals surface area contributed by atoms with E-state index >= 15 is 0 Å². The van der Waals surface area contributed by atoms with Gasteiger partial charge in [-0.25, -0.2) is 0 Å². The zero-order chi connectivity index (χ0) is 32.7. The number of hydrogen-bond donors (Lipinski definition) is 0. The second-order valence-electron chi connectivity index (χ2n) is 14.0. The Balaban J connectivity index is 1.34. The van der Waals surface area contributed by atoms with Crippen molar-refractivity contribution in [2.75, 3.05) is 0 Å². The normalized spacial score (nSPS) is 13.3. The first-order chi connectivity index (χ1) is 24.1. The van der Waals surface area contributed by atoms with Gasteiger partial charge in [0.15, 0.2) is 0 Å². The molecule has 1 heterocycles. The quantitative estimate of drug-likeness (QED) is 0.133. The highest BCUT2D eigenvalue weighted by Crippen LogP contribution is 2.48. The Morgan fingerprint density at radius 2 is 0.898 bits per heavy atom. The lowest BCUT2D eigenvalue weighted by molar-refractivity contribution is 1.65. The summed E-state index contributed by atoms with van der Waals surface area (Å²) in [6.45, 7) is 5.04. The van der Waals surface area contributed by atoms with E-state index in [1.54, 1.807) is 0 Å². The molecule has 1 aliphatic rings. The monoisotopic (exact) mass is 638 g/mol. The second kappa shape index (κ2) is 10.6. The molecule has 9 aromatic carbocycles. The molecule has 0 aromatic heterocycles. The van der Waals surface area contributed by atoms with E-state index in [1.165, 1.54) is 98.0 Å². The molecule has 0 aliphatic carbocycles. The van der Waals surface area contributed by atoms with Crippen LogP contribution in [0.5, 0.6) is 0 Å². The molecule has 0 radical (unpaired) electrons. The summed E-state index contributed by atoms with van der Waals surface area (Å²) in [6.07, 6.45) is 0. The molecule has 0 unspecified atom stereocenters. The van der Waals surface area contributed by atoms with Crippen LogP contribution >= 0.6 is 0 Å². The summed E-state index contributed by atoms with van der Waals surface area (Å²) < 4.78 is 0. The van der Waals surface area contributed by atoms with E-state index in [2.05, 4.69) is 183 Å². The molecule has 1 aliphatic heterocycles. The molecule has 49 heavy (non-hydrogen) atoms. The van der Waals surface area contributed by atoms with E-state index in [9.17, 15) is 0 Å². The van der Waals surface area contributed by atoms with E-state index in [4.69, 9.17) is 0 Å². The molecule has 0 fully saturated rings. The summed E-state index contributed by atoms with van der Waals surface area (Å²) in [4.78, 5) is 0. The molecule has 10 rings (SSSR count). The van der Waals surface area contributed by atoms with Gasteiger partial charge in [-0.3, -0.25) is 0 Å². The van der Waals surface area contributed by atoms with Crippen LogP contribution in [0.2, 0.25) is 13.1 Å². The molecule has 0 spiro atoms. The summed E-state index contributed by atoms with van der Waals surface area (Å²) in [7, 11) is -1.90. The molecule has 1 heteroatoms. The van der Waals surface area contributed by atoms with E-state index < -0.39 is 8.07 Å². The maximum atomic E-state index is 2.58. The molecule has 0 N–H and O–H groups in total. The average Bonchev–Trinajstić information content (AvgIpc) is 3.38. The van der Waals surface area contributed by atoms with Crippen molar-refractivity contribution in [1.29, 1.82) is 0 Å². The van der Waals surface area contributed by atoms with Gasteiger partial charge < -0.3 is 0 Å². The van der Waals surface area contributed by atoms with Crippen molar-refractivity contribution < 1.29 is 0 Å². The van der Waals surface area contributed by atoms with E-state index in [-0.39, 0.29) is 0 Å². The molecular formula is C48H34Si. The SMILES string of the molecule is C[Si]1(C)c2ccccc2-c2cc3c(-c4ccc(-c5ccc6ccccc6c5)c5ccccc45)c4ccccc4c(-c4ccccc4)c3cc21. The number of hydrogen-bond acceptors (Lipinski definition) is 0. The van der Waals surface area contributed by atoms with E-state index in [0.717, 1.165) is 0 Å². The van der Waals surface area contributed by atoms with Gasteiger partial charge in [0.2, 0.25) is 0 Å². The summed E-state index contributed by atoms with van der Waals surface area (Å²) in [5.74, 6) is 0. The van der Waals surface area contributed by atoms with Crippen molar-refractivity contribution in [2.45, 2.75) is 13.1 Å². The Hall–Kier alpha value is -5.76. The predicted molar refractivity (Wildman–Crippen MR) is 215 cm³/mol. The first kappa shape index (κ1) is 28.3. The third-order valence-electron chi connectivity index (χ3n) is 11.0. The summed E-state index contributed by atoms with van der Waals surface area (Å²) in [5.41, 5.74) is 10.5. The summed E-state index contributed by atoms with van der Waals surface area (Å²) in [6, 6.07) is 63.6. The molecule has 0 saturated carbocycles. The summed E-state index contributed by atoms with van der Waals surface area (Å²) in [5, 5.41) is 13.4. The molecule has 9 aromatic rings. The maximum absolute atomic E-state index is 2.58. The maximum Gasteiger partial charge on any atom is 0.113 e. The fourth-order valence-electron chi connectivity index (χ4n) is 8.70. The van der Waals surface area contributed by atoms with Crippen molar-refractivity contribution in [2.24, 2.45) is 0 Å². The van der Waals surface area contributed by atoms with Crippen LogP contribution in [-0.2, 0) is 0 Å². The number of rotatable bonds is 3. The lowest BCUT2D eigenvalue weighted by Crippen LogP contribution is -2.49. The topological polar surface area (TPSA) is 0 Å². The highest BCUT2D eigenvalue weighted by molar-refractivity contribution is 7.04. The number of benzene rings is 9. The minimum absolute atomic E-state index is 1.25. The standard InChI is InChI=1S/C48H34Si/c1-49(2)45-23-13-12-20-38(45)42-29-43-44(30-46(42)49)47(32-15-4-3-5-16-32)39-21-10-11-22-40(39)48(43)41-27-26-35(36-18-8-9-19-37(36)41)34-25-24-31-14-6-7-17-33(31)28-34/h3-30H,1-2H3. The lowest BCUT2D eigenvalue weighted by Gasteiger charge is -2.23. The molecule has 230 valence electrons. The van der Waals surface area contributed by atoms with Crippen molar-refractivity contribution in [3.8, 4) is 44.5 Å². The van der Waals surface area contributed by atoms with Crippen LogP contribution in [0.25, 0.3) is 87.6 Å². The zero-order valence-corrected chi connectivity index (χ0v) is 28.7. The molecule has 0 bridgehead atoms. The van der Waals surface area contributed by atoms with Crippen LogP contribution in [0, 0.1) is 0 Å². The first-order valence-electron chi connectivity index (χ1n) is 17.3. The Labute approximate surface area is 287 Å². The minimum Gasteiger partial charge on any atom is -0.0623 e. The zero-order valence-electron chi connectivity index (χ0n) is 27.7. The minimum atomic E-state index is -1.90. The van der Waals surface area contributed by atoms with Gasteiger partial charge in [0, 0.05) is 0 Å². The first-order valence-corrected chi connectivity index (χ1v) is 20.3.